The normalized spacial score (nSPS) is 13.7. The Kier molecular flexibility index (Phi) is 5.97. The minimum Gasteiger partial charge on any atom is -0.378 e. The third-order valence-corrected chi connectivity index (χ3v) is 5.81. The van der Waals surface area contributed by atoms with E-state index in [1.807, 2.05) is 18.3 Å². The van der Waals surface area contributed by atoms with Gasteiger partial charge in [-0.3, -0.25) is 0 Å². The van der Waals surface area contributed by atoms with Crippen molar-refractivity contribution in [2.75, 3.05) is 36.5 Å². The summed E-state index contributed by atoms with van der Waals surface area (Å²) in [6.45, 7) is 7.75. The zero-order valence-electron chi connectivity index (χ0n) is 18.9. The number of H-pyrrole nitrogens is 1. The molecule has 0 unspecified atom stereocenters. The lowest BCUT2D eigenvalue weighted by Crippen LogP contribution is -2.36. The third kappa shape index (κ3) is 4.69. The van der Waals surface area contributed by atoms with Gasteiger partial charge in [0.15, 0.2) is 0 Å². The molecule has 1 saturated heterocycles. The number of aromatic nitrogens is 3. The third-order valence-electron chi connectivity index (χ3n) is 5.81. The van der Waals surface area contributed by atoms with Gasteiger partial charge in [-0.1, -0.05) is 38.0 Å². The van der Waals surface area contributed by atoms with E-state index >= 15 is 0 Å². The standard InChI is InChI=1S/C27H27N5O/c1-19(2)23-6-4-3-5-20(23)7-12-25-24-13-14-28-26(24)31-27(30-25)29-21-8-10-22(11-9-21)32-15-17-33-18-16-32/h3-6,8-11,13-14,19H,15-18H2,1-2H3,(H2,28,29,30,31). The largest absolute Gasteiger partial charge is 0.378 e. The quantitative estimate of drug-likeness (QED) is 0.437. The van der Waals surface area contributed by atoms with Crippen molar-refractivity contribution in [3.8, 4) is 11.8 Å². The van der Waals surface area contributed by atoms with Crippen LogP contribution in [0, 0.1) is 11.8 Å². The Hall–Kier alpha value is -3.82. The van der Waals surface area contributed by atoms with Crippen LogP contribution in [0.3, 0.4) is 0 Å². The molecule has 5 rings (SSSR count). The maximum atomic E-state index is 5.45. The summed E-state index contributed by atoms with van der Waals surface area (Å²) in [5, 5.41) is 4.25. The summed E-state index contributed by atoms with van der Waals surface area (Å²) < 4.78 is 5.45. The highest BCUT2D eigenvalue weighted by molar-refractivity contribution is 5.82. The number of hydrogen-bond acceptors (Lipinski definition) is 5. The first-order valence-corrected chi connectivity index (χ1v) is 11.3. The summed E-state index contributed by atoms with van der Waals surface area (Å²) in [5.74, 6) is 7.54. The van der Waals surface area contributed by atoms with E-state index in [0.29, 0.717) is 17.6 Å². The summed E-state index contributed by atoms with van der Waals surface area (Å²) in [6.07, 6.45) is 1.87. The van der Waals surface area contributed by atoms with Gasteiger partial charge in [0.05, 0.1) is 18.6 Å². The number of nitrogens with one attached hydrogen (secondary N) is 2. The van der Waals surface area contributed by atoms with Crippen LogP contribution < -0.4 is 10.2 Å². The zero-order chi connectivity index (χ0) is 22.6. The van der Waals surface area contributed by atoms with Gasteiger partial charge >= 0.3 is 0 Å². The molecule has 166 valence electrons. The topological polar surface area (TPSA) is 66.1 Å². The second-order valence-electron chi connectivity index (χ2n) is 8.40. The van der Waals surface area contributed by atoms with E-state index in [0.717, 1.165) is 48.6 Å². The monoisotopic (exact) mass is 437 g/mol. The minimum atomic E-state index is 0.408. The van der Waals surface area contributed by atoms with E-state index in [1.54, 1.807) is 0 Å². The number of rotatable bonds is 4. The maximum absolute atomic E-state index is 5.45. The molecular formula is C27H27N5O. The summed E-state index contributed by atoms with van der Waals surface area (Å²) in [7, 11) is 0. The highest BCUT2D eigenvalue weighted by atomic mass is 16.5. The molecule has 1 aliphatic rings. The smallest absolute Gasteiger partial charge is 0.230 e. The molecule has 6 nitrogen and oxygen atoms in total. The molecular weight excluding hydrogens is 410 g/mol. The molecule has 33 heavy (non-hydrogen) atoms. The Bertz CT molecular complexity index is 1310. The Morgan fingerprint density at radius 1 is 0.970 bits per heavy atom. The van der Waals surface area contributed by atoms with Gasteiger partial charge in [0.2, 0.25) is 5.95 Å². The van der Waals surface area contributed by atoms with Crippen molar-refractivity contribution in [2.45, 2.75) is 19.8 Å². The van der Waals surface area contributed by atoms with Gasteiger partial charge in [0.1, 0.15) is 11.3 Å². The van der Waals surface area contributed by atoms with Gasteiger partial charge in [0.25, 0.3) is 0 Å². The summed E-state index contributed by atoms with van der Waals surface area (Å²) in [6, 6.07) is 18.6. The van der Waals surface area contributed by atoms with Crippen LogP contribution >= 0.6 is 0 Å². The average molecular weight is 438 g/mol. The zero-order valence-corrected chi connectivity index (χ0v) is 18.9. The van der Waals surface area contributed by atoms with Gasteiger partial charge in [-0.2, -0.15) is 4.98 Å². The lowest BCUT2D eigenvalue weighted by atomic mass is 9.97. The molecule has 0 radical (unpaired) electrons. The number of morpholine rings is 1. The van der Waals surface area contributed by atoms with E-state index in [4.69, 9.17) is 9.72 Å². The molecule has 1 fully saturated rings. The summed E-state index contributed by atoms with van der Waals surface area (Å²) >= 11 is 0. The SMILES string of the molecule is CC(C)c1ccccc1C#Cc1nc(Nc2ccc(N3CCOCC3)cc2)nc2[nH]ccc12. The van der Waals surface area contributed by atoms with Gasteiger partial charge in [0, 0.05) is 36.2 Å². The number of hydrogen-bond donors (Lipinski definition) is 2. The average Bonchev–Trinajstić information content (AvgIpc) is 3.32. The summed E-state index contributed by atoms with van der Waals surface area (Å²) in [5.41, 5.74) is 5.86. The molecule has 3 heterocycles. The molecule has 0 saturated carbocycles. The fourth-order valence-corrected chi connectivity index (χ4v) is 4.04. The second-order valence-corrected chi connectivity index (χ2v) is 8.40. The predicted molar refractivity (Wildman–Crippen MR) is 133 cm³/mol. The van der Waals surface area contributed by atoms with Crippen LogP contribution in [-0.2, 0) is 4.74 Å². The van der Waals surface area contributed by atoms with E-state index in [1.165, 1.54) is 11.3 Å². The predicted octanol–water partition coefficient (Wildman–Crippen LogP) is 5.06. The Morgan fingerprint density at radius 2 is 1.76 bits per heavy atom. The molecule has 0 spiro atoms. The first-order valence-electron chi connectivity index (χ1n) is 11.3. The van der Waals surface area contributed by atoms with Crippen LogP contribution in [0.25, 0.3) is 11.0 Å². The molecule has 6 heteroatoms. The second kappa shape index (κ2) is 9.35. The number of ether oxygens (including phenoxy) is 1. The fraction of sp³-hybridized carbons (Fsp3) is 0.259. The molecule has 4 aromatic rings. The number of aromatic amines is 1. The molecule has 0 aliphatic carbocycles. The van der Waals surface area contributed by atoms with E-state index in [2.05, 4.69) is 88.3 Å². The van der Waals surface area contributed by atoms with Crippen molar-refractivity contribution >= 4 is 28.4 Å². The van der Waals surface area contributed by atoms with Crippen molar-refractivity contribution in [1.29, 1.82) is 0 Å². The van der Waals surface area contributed by atoms with Crippen LogP contribution in [0.15, 0.2) is 60.8 Å². The van der Waals surface area contributed by atoms with Crippen molar-refractivity contribution in [3.05, 3.63) is 77.6 Å². The molecule has 1 aliphatic heterocycles. The minimum absolute atomic E-state index is 0.408. The van der Waals surface area contributed by atoms with E-state index < -0.39 is 0 Å². The highest BCUT2D eigenvalue weighted by Crippen LogP contribution is 2.23. The number of fused-ring (bicyclic) bond motifs is 1. The van der Waals surface area contributed by atoms with Crippen molar-refractivity contribution in [2.24, 2.45) is 0 Å². The molecule has 0 atom stereocenters. The van der Waals surface area contributed by atoms with Gasteiger partial charge in [-0.15, -0.1) is 0 Å². The Morgan fingerprint density at radius 3 is 2.55 bits per heavy atom. The fourth-order valence-electron chi connectivity index (χ4n) is 4.04. The lowest BCUT2D eigenvalue weighted by molar-refractivity contribution is 0.122. The van der Waals surface area contributed by atoms with Crippen LogP contribution in [0.5, 0.6) is 0 Å². The first kappa shape index (κ1) is 21.0. The van der Waals surface area contributed by atoms with Crippen LogP contribution in [0.1, 0.15) is 36.6 Å². The van der Waals surface area contributed by atoms with Crippen LogP contribution in [0.4, 0.5) is 17.3 Å². The molecule has 2 aromatic carbocycles. The van der Waals surface area contributed by atoms with Crippen molar-refractivity contribution in [1.82, 2.24) is 15.0 Å². The molecule has 2 aromatic heterocycles. The van der Waals surface area contributed by atoms with E-state index in [9.17, 15) is 0 Å². The maximum Gasteiger partial charge on any atom is 0.230 e. The van der Waals surface area contributed by atoms with Crippen molar-refractivity contribution in [3.63, 3.8) is 0 Å². The number of nitrogens with zero attached hydrogens (tertiary/aromatic N) is 3. The lowest BCUT2D eigenvalue weighted by Gasteiger charge is -2.28. The molecule has 0 amide bonds. The molecule has 2 N–H and O–H groups in total. The highest BCUT2D eigenvalue weighted by Gasteiger charge is 2.12. The molecule has 0 bridgehead atoms. The summed E-state index contributed by atoms with van der Waals surface area (Å²) in [4.78, 5) is 14.9. The number of anilines is 3. The first-order chi connectivity index (χ1) is 16.2. The Balaban J connectivity index is 1.42. The van der Waals surface area contributed by atoms with Gasteiger partial charge < -0.3 is 19.9 Å². The number of benzene rings is 2. The Labute approximate surface area is 194 Å². The van der Waals surface area contributed by atoms with Gasteiger partial charge in [-0.05, 0) is 53.8 Å². The van der Waals surface area contributed by atoms with Crippen LogP contribution in [-0.4, -0.2) is 41.3 Å². The van der Waals surface area contributed by atoms with Crippen molar-refractivity contribution < 1.29 is 4.74 Å². The van der Waals surface area contributed by atoms with Gasteiger partial charge in [-0.25, -0.2) is 4.98 Å². The van der Waals surface area contributed by atoms with E-state index in [-0.39, 0.29) is 0 Å². The van der Waals surface area contributed by atoms with Crippen LogP contribution in [0.2, 0.25) is 0 Å².